The van der Waals surface area contributed by atoms with Gasteiger partial charge in [-0.3, -0.25) is 4.99 Å². The minimum absolute atomic E-state index is 0.0940. The maximum atomic E-state index is 5.12. The molecule has 5 rings (SSSR count). The van der Waals surface area contributed by atoms with Gasteiger partial charge in [0.2, 0.25) is 0 Å². The van der Waals surface area contributed by atoms with Crippen LogP contribution in [-0.4, -0.2) is 10.7 Å². The molecule has 1 N–H and O–H groups in total. The number of nitrogens with zero attached hydrogens (tertiary/aromatic N) is 1. The first-order chi connectivity index (χ1) is 11.7. The highest BCUT2D eigenvalue weighted by Gasteiger charge is 2.36. The van der Waals surface area contributed by atoms with Crippen LogP contribution in [0, 0.1) is 0 Å². The van der Waals surface area contributed by atoms with E-state index >= 15 is 0 Å². The van der Waals surface area contributed by atoms with E-state index < -0.39 is 0 Å². The van der Waals surface area contributed by atoms with E-state index in [0.29, 0.717) is 0 Å². The summed E-state index contributed by atoms with van der Waals surface area (Å²) in [6.07, 6.45) is 0. The minimum atomic E-state index is -0.0940. The summed E-state index contributed by atoms with van der Waals surface area (Å²) in [6.45, 7) is 4.54. The summed E-state index contributed by atoms with van der Waals surface area (Å²) in [4.78, 5) is 8.64. The number of para-hydroxylation sites is 1. The van der Waals surface area contributed by atoms with Crippen LogP contribution in [-0.2, 0) is 5.41 Å². The average molecular weight is 310 g/mol. The molecule has 2 nitrogen and oxygen atoms in total. The highest BCUT2D eigenvalue weighted by Crippen LogP contribution is 2.47. The number of hydrogen-bond donors (Lipinski definition) is 1. The zero-order chi connectivity index (χ0) is 16.3. The zero-order valence-electron chi connectivity index (χ0n) is 13.8. The highest BCUT2D eigenvalue weighted by atomic mass is 14.8. The molecular weight excluding hydrogens is 292 g/mol. The van der Waals surface area contributed by atoms with Crippen LogP contribution in [0.2, 0.25) is 0 Å². The molecule has 0 amide bonds. The lowest BCUT2D eigenvalue weighted by Crippen LogP contribution is -2.26. The molecule has 0 unspecified atom stereocenters. The second-order valence-electron chi connectivity index (χ2n) is 7.01. The smallest absolute Gasteiger partial charge is 0.0775 e. The topological polar surface area (TPSA) is 28.1 Å². The quantitative estimate of drug-likeness (QED) is 0.465. The van der Waals surface area contributed by atoms with Crippen LogP contribution < -0.4 is 0 Å². The summed E-state index contributed by atoms with van der Waals surface area (Å²) < 4.78 is 0. The Balaban J connectivity index is 1.88. The van der Waals surface area contributed by atoms with Crippen molar-refractivity contribution in [2.45, 2.75) is 19.3 Å². The van der Waals surface area contributed by atoms with Crippen molar-refractivity contribution < 1.29 is 0 Å². The molecule has 0 radical (unpaired) electrons. The van der Waals surface area contributed by atoms with Crippen molar-refractivity contribution in [2.75, 3.05) is 0 Å². The Morgan fingerprint density at radius 1 is 0.792 bits per heavy atom. The zero-order valence-corrected chi connectivity index (χ0v) is 13.8. The van der Waals surface area contributed by atoms with Crippen LogP contribution in [0.1, 0.15) is 25.0 Å². The third-order valence-electron chi connectivity index (χ3n) is 5.18. The van der Waals surface area contributed by atoms with Crippen molar-refractivity contribution in [3.63, 3.8) is 0 Å². The monoisotopic (exact) mass is 310 g/mol. The lowest BCUT2D eigenvalue weighted by atomic mass is 9.78. The standard InChI is InChI=1S/C22H18N2/c1-22(2)16-12-13-18-19(15-10-6-7-11-17(15)23-18)20(16)24-21(22)14-8-4-3-5-9-14/h3-13,23H,1-2H3. The predicted molar refractivity (Wildman–Crippen MR) is 101 cm³/mol. The van der Waals surface area contributed by atoms with Gasteiger partial charge in [0, 0.05) is 27.2 Å². The van der Waals surface area contributed by atoms with E-state index in [1.54, 1.807) is 0 Å². The van der Waals surface area contributed by atoms with Crippen LogP contribution in [0.4, 0.5) is 5.69 Å². The molecule has 3 aromatic carbocycles. The summed E-state index contributed by atoms with van der Waals surface area (Å²) in [5, 5.41) is 2.49. The third kappa shape index (κ3) is 1.68. The number of hydrogen-bond acceptors (Lipinski definition) is 1. The highest BCUT2D eigenvalue weighted by molar-refractivity contribution is 6.20. The van der Waals surface area contributed by atoms with Gasteiger partial charge >= 0.3 is 0 Å². The maximum absolute atomic E-state index is 5.12. The van der Waals surface area contributed by atoms with Gasteiger partial charge in [0.1, 0.15) is 0 Å². The van der Waals surface area contributed by atoms with Crippen molar-refractivity contribution in [1.29, 1.82) is 0 Å². The number of aromatic nitrogens is 1. The van der Waals surface area contributed by atoms with Gasteiger partial charge in [-0.25, -0.2) is 0 Å². The fourth-order valence-corrected chi connectivity index (χ4v) is 3.94. The molecule has 4 aromatic rings. The third-order valence-corrected chi connectivity index (χ3v) is 5.18. The van der Waals surface area contributed by atoms with Crippen molar-refractivity contribution in [2.24, 2.45) is 4.99 Å². The molecule has 1 aromatic heterocycles. The molecule has 2 heteroatoms. The van der Waals surface area contributed by atoms with Crippen molar-refractivity contribution in [3.8, 4) is 0 Å². The fourth-order valence-electron chi connectivity index (χ4n) is 3.94. The SMILES string of the molecule is CC1(C)C(c2ccccc2)=Nc2c1ccc1[nH]c3ccccc3c21. The lowest BCUT2D eigenvalue weighted by molar-refractivity contribution is 0.738. The van der Waals surface area contributed by atoms with Crippen molar-refractivity contribution >= 4 is 33.2 Å². The molecule has 0 saturated carbocycles. The van der Waals surface area contributed by atoms with Gasteiger partial charge in [-0.1, -0.05) is 68.4 Å². The molecule has 0 aliphatic carbocycles. The Kier molecular flexibility index (Phi) is 2.58. The first kappa shape index (κ1) is 13.6. The van der Waals surface area contributed by atoms with Crippen LogP contribution in [0.5, 0.6) is 0 Å². The molecule has 0 fully saturated rings. The van der Waals surface area contributed by atoms with Gasteiger partial charge in [-0.2, -0.15) is 0 Å². The number of H-pyrrole nitrogens is 1. The number of aliphatic imine (C=N–C) groups is 1. The summed E-state index contributed by atoms with van der Waals surface area (Å²) >= 11 is 0. The molecule has 0 spiro atoms. The van der Waals surface area contributed by atoms with E-state index in [2.05, 4.69) is 85.6 Å². The van der Waals surface area contributed by atoms with Crippen molar-refractivity contribution in [1.82, 2.24) is 4.98 Å². The number of aromatic amines is 1. The first-order valence-electron chi connectivity index (χ1n) is 8.35. The number of nitrogens with one attached hydrogen (secondary N) is 1. The number of rotatable bonds is 1. The van der Waals surface area contributed by atoms with E-state index in [9.17, 15) is 0 Å². The van der Waals surface area contributed by atoms with E-state index in [1.165, 1.54) is 27.4 Å². The average Bonchev–Trinajstić information content (AvgIpc) is 3.10. The van der Waals surface area contributed by atoms with E-state index in [0.717, 1.165) is 16.9 Å². The van der Waals surface area contributed by atoms with Gasteiger partial charge in [-0.05, 0) is 23.3 Å². The Morgan fingerprint density at radius 3 is 2.38 bits per heavy atom. The largest absolute Gasteiger partial charge is 0.354 e. The second-order valence-corrected chi connectivity index (χ2v) is 7.01. The van der Waals surface area contributed by atoms with Crippen LogP contribution in [0.15, 0.2) is 71.7 Å². The Morgan fingerprint density at radius 2 is 1.54 bits per heavy atom. The Hall–Kier alpha value is -2.87. The van der Waals surface area contributed by atoms with Gasteiger partial charge in [0.05, 0.1) is 11.4 Å². The maximum Gasteiger partial charge on any atom is 0.0775 e. The summed E-state index contributed by atoms with van der Waals surface area (Å²) in [5.74, 6) is 0. The number of benzene rings is 3. The fraction of sp³-hybridized carbons (Fsp3) is 0.136. The van der Waals surface area contributed by atoms with Gasteiger partial charge in [0.25, 0.3) is 0 Å². The van der Waals surface area contributed by atoms with Gasteiger partial charge < -0.3 is 4.98 Å². The molecule has 0 saturated heterocycles. The normalized spacial score (nSPS) is 15.7. The molecule has 1 aliphatic heterocycles. The molecule has 0 bridgehead atoms. The van der Waals surface area contributed by atoms with Crippen molar-refractivity contribution in [3.05, 3.63) is 77.9 Å². The van der Waals surface area contributed by atoms with Gasteiger partial charge in [-0.15, -0.1) is 0 Å². The van der Waals surface area contributed by atoms with E-state index in [1.807, 2.05) is 0 Å². The summed E-state index contributed by atoms with van der Waals surface area (Å²) in [5.41, 5.74) is 7.00. The molecule has 116 valence electrons. The minimum Gasteiger partial charge on any atom is -0.354 e. The molecule has 24 heavy (non-hydrogen) atoms. The Bertz CT molecular complexity index is 1110. The van der Waals surface area contributed by atoms with Gasteiger partial charge in [0.15, 0.2) is 0 Å². The predicted octanol–water partition coefficient (Wildman–Crippen LogP) is 5.73. The first-order valence-corrected chi connectivity index (χ1v) is 8.35. The van der Waals surface area contributed by atoms with Crippen LogP contribution >= 0.6 is 0 Å². The number of fused-ring (bicyclic) bond motifs is 5. The van der Waals surface area contributed by atoms with Crippen LogP contribution in [0.3, 0.4) is 0 Å². The second kappa shape index (κ2) is 4.57. The summed E-state index contributed by atoms with van der Waals surface area (Å²) in [6, 6.07) is 23.4. The molecule has 1 aliphatic rings. The molecule has 0 atom stereocenters. The van der Waals surface area contributed by atoms with Crippen LogP contribution in [0.25, 0.3) is 21.8 Å². The Labute approximate surface area is 140 Å². The molecule has 2 heterocycles. The lowest BCUT2D eigenvalue weighted by Gasteiger charge is -2.22. The summed E-state index contributed by atoms with van der Waals surface area (Å²) in [7, 11) is 0. The van der Waals surface area contributed by atoms with E-state index in [-0.39, 0.29) is 5.41 Å². The van der Waals surface area contributed by atoms with E-state index in [4.69, 9.17) is 4.99 Å². The molecular formula is C22H18N2.